The third-order valence-corrected chi connectivity index (χ3v) is 2.94. The Morgan fingerprint density at radius 2 is 1.76 bits per heavy atom. The predicted octanol–water partition coefficient (Wildman–Crippen LogP) is 2.60. The molecule has 0 bridgehead atoms. The van der Waals surface area contributed by atoms with Crippen LogP contribution in [0.4, 0.5) is 0 Å². The molecule has 0 aliphatic carbocycles. The van der Waals surface area contributed by atoms with Crippen LogP contribution in [0.2, 0.25) is 0 Å². The second-order valence-corrected chi connectivity index (χ2v) is 4.17. The molecule has 0 heterocycles. The second kappa shape index (κ2) is 5.88. The van der Waals surface area contributed by atoms with E-state index in [0.29, 0.717) is 16.7 Å². The minimum Gasteiger partial charge on any atom is -0.504 e. The molecule has 0 aromatic heterocycles. The summed E-state index contributed by atoms with van der Waals surface area (Å²) in [6.45, 7) is 1.87. The summed E-state index contributed by atoms with van der Waals surface area (Å²) in [6.07, 6.45) is 0. The molecule has 104 valence electrons. The van der Waals surface area contributed by atoms with Crippen molar-refractivity contribution in [3.8, 4) is 22.6 Å². The van der Waals surface area contributed by atoms with Crippen molar-refractivity contribution in [2.75, 3.05) is 0 Å². The third-order valence-electron chi connectivity index (χ3n) is 2.94. The monoisotopic (exact) mass is 539 g/mol. The fourth-order valence-electron chi connectivity index (χ4n) is 2.08. The van der Waals surface area contributed by atoms with E-state index in [9.17, 15) is 19.8 Å². The van der Waals surface area contributed by atoms with Crippen molar-refractivity contribution in [2.45, 2.75) is 6.92 Å². The predicted molar refractivity (Wildman–Crippen MR) is 71.9 cm³/mol. The van der Waals surface area contributed by atoms with E-state index in [2.05, 4.69) is 0 Å². The van der Waals surface area contributed by atoms with Gasteiger partial charge in [-0.25, -0.2) is 4.79 Å². The second-order valence-electron chi connectivity index (χ2n) is 4.17. The molecule has 0 saturated heterocycles. The number of benzene rings is 2. The van der Waals surface area contributed by atoms with Crippen molar-refractivity contribution in [1.82, 2.24) is 0 Å². The number of aryl methyl sites for hydroxylation is 1. The van der Waals surface area contributed by atoms with Crippen LogP contribution in [0, 0.1) is 6.92 Å². The number of phenolic OH excluding ortho intramolecular Hbond substituents is 1. The maximum absolute atomic E-state index is 11.4. The van der Waals surface area contributed by atoms with E-state index >= 15 is 0 Å². The average Bonchev–Trinajstić information content (AvgIpc) is 2.40. The first-order valence-corrected chi connectivity index (χ1v) is 5.81. The molecule has 2 N–H and O–H groups in total. The van der Waals surface area contributed by atoms with Gasteiger partial charge in [-0.15, -0.1) is 0 Å². The first-order valence-electron chi connectivity index (χ1n) is 5.81. The normalized spacial score (nSPS) is 9.57. The van der Waals surface area contributed by atoms with Gasteiger partial charge in [0.1, 0.15) is 0 Å². The number of carbonyl (C=O) groups is 2. The van der Waals surface area contributed by atoms with Crippen LogP contribution < -0.4 is 4.74 Å². The Morgan fingerprint density at radius 3 is 2.38 bits per heavy atom. The number of carbonyl (C=O) groups excluding carboxylic acids is 1. The molecule has 0 spiro atoms. The largest absolute Gasteiger partial charge is 0.504 e. The molecule has 0 radical (unpaired) electrons. The van der Waals surface area contributed by atoms with Crippen LogP contribution in [-0.4, -0.2) is 22.7 Å². The number of aromatic hydroxyl groups is 1. The van der Waals surface area contributed by atoms with Crippen molar-refractivity contribution < 1.29 is 24.5 Å². The molecule has 6 heteroatoms. The van der Waals surface area contributed by atoms with Crippen LogP contribution in [0.1, 0.15) is 15.9 Å². The van der Waals surface area contributed by atoms with Crippen LogP contribution in [0.15, 0.2) is 36.4 Å². The van der Waals surface area contributed by atoms with Gasteiger partial charge in [0.2, 0.25) is 0 Å². The Labute approximate surface area is 115 Å². The van der Waals surface area contributed by atoms with Crippen LogP contribution in [-0.2, 0) is 4.79 Å². The summed E-state index contributed by atoms with van der Waals surface area (Å²) in [5.74, 6) is -1.37. The Hall–Kier alpha value is -3.82. The molecule has 0 amide bonds. The zero-order valence-electron chi connectivity index (χ0n) is 11.4. The van der Waals surface area contributed by atoms with E-state index in [1.54, 1.807) is 37.3 Å². The number of hydrogen-bond acceptors (Lipinski definition) is 4. The first-order chi connectivity index (χ1) is 9.56. The number of phenols is 1. The molecule has 0 aliphatic heterocycles. The van der Waals surface area contributed by atoms with Crippen LogP contribution in [0.3, 0.4) is 0 Å². The van der Waals surface area contributed by atoms with Crippen molar-refractivity contribution in [2.24, 2.45) is 0 Å². The first kappa shape index (κ1) is 15.2. The van der Waals surface area contributed by atoms with E-state index in [1.165, 1.54) is 6.07 Å². The van der Waals surface area contributed by atoms with Gasteiger partial charge in [0.15, 0.2) is 11.5 Å². The fourth-order valence-corrected chi connectivity index (χ4v) is 2.08. The Bertz CT molecular complexity index is 682. The summed E-state index contributed by atoms with van der Waals surface area (Å²) >= 11 is 0. The molecule has 2 rings (SSSR count). The maximum atomic E-state index is 11.4. The number of aromatic carboxylic acids is 1. The van der Waals surface area contributed by atoms with E-state index in [-0.39, 0.29) is 23.5 Å². The Kier molecular flexibility index (Phi) is 4.27. The minimum absolute atomic E-state index is 0. The summed E-state index contributed by atoms with van der Waals surface area (Å²) in [7, 11) is 0. The molecule has 0 saturated carbocycles. The van der Waals surface area contributed by atoms with Crippen LogP contribution in [0.5, 0.6) is 11.5 Å². The minimum atomic E-state index is -1.08. The number of hydrogen-bond donors (Lipinski definition) is 2. The van der Waals surface area contributed by atoms with Gasteiger partial charge in [-0.05, 0) is 18.6 Å². The number of ether oxygens (including phenoxy) is 1. The average molecular weight is 539 g/mol. The maximum Gasteiger partial charge on any atom is 0.336 e. The van der Waals surface area contributed by atoms with Gasteiger partial charge in [0.25, 0.3) is 6.47 Å². The molecular formula is C15H12O5Rf. The molecule has 2 aromatic rings. The van der Waals surface area contributed by atoms with Crippen molar-refractivity contribution in [1.29, 1.82) is 0 Å². The fraction of sp³-hybridized carbons (Fsp3) is 0.0667. The SMILES string of the molecule is Cc1cccc(-c2cccc(O)c2OC=O)c1C(=O)O.[Rf]. The smallest absolute Gasteiger partial charge is 0.336 e. The van der Waals surface area contributed by atoms with Crippen molar-refractivity contribution in [3.63, 3.8) is 0 Å². The summed E-state index contributed by atoms with van der Waals surface area (Å²) in [5, 5.41) is 19.1. The summed E-state index contributed by atoms with van der Waals surface area (Å²) in [6, 6.07) is 9.47. The zero-order valence-corrected chi connectivity index (χ0v) is 17.8. The van der Waals surface area contributed by atoms with E-state index in [0.717, 1.165) is 0 Å². The van der Waals surface area contributed by atoms with E-state index < -0.39 is 5.97 Å². The summed E-state index contributed by atoms with van der Waals surface area (Å²) in [5.41, 5.74) is 1.41. The Morgan fingerprint density at radius 1 is 1.14 bits per heavy atom. The summed E-state index contributed by atoms with van der Waals surface area (Å²) in [4.78, 5) is 21.9. The van der Waals surface area contributed by atoms with Gasteiger partial charge in [-0.2, -0.15) is 0 Å². The quantitative estimate of drug-likeness (QED) is 0.585. The van der Waals surface area contributed by atoms with Gasteiger partial charge in [0.05, 0.1) is 5.56 Å². The van der Waals surface area contributed by atoms with E-state index in [4.69, 9.17) is 4.74 Å². The van der Waals surface area contributed by atoms with Crippen molar-refractivity contribution >= 4 is 12.4 Å². The van der Waals surface area contributed by atoms with Gasteiger partial charge >= 0.3 is 5.97 Å². The zero-order chi connectivity index (χ0) is 14.7. The number of para-hydroxylation sites is 1. The molecule has 0 fully saturated rings. The summed E-state index contributed by atoms with van der Waals surface area (Å²) < 4.78 is 4.77. The molecule has 0 unspecified atom stereocenters. The van der Waals surface area contributed by atoms with Crippen molar-refractivity contribution in [3.05, 3.63) is 47.5 Å². The van der Waals surface area contributed by atoms with Crippen LogP contribution in [0.25, 0.3) is 11.1 Å². The number of carboxylic acids is 1. The van der Waals surface area contributed by atoms with Gasteiger partial charge in [0, 0.05) is 11.1 Å². The topological polar surface area (TPSA) is 83.8 Å². The molecule has 21 heavy (non-hydrogen) atoms. The molecular weight excluding hydrogens is 527 g/mol. The van der Waals surface area contributed by atoms with Gasteiger partial charge in [-0.3, -0.25) is 4.79 Å². The molecule has 0 aliphatic rings. The van der Waals surface area contributed by atoms with Gasteiger partial charge < -0.3 is 14.9 Å². The number of rotatable bonds is 4. The molecule has 5 nitrogen and oxygen atoms in total. The number of carboxylic acid groups (broad SMARTS) is 1. The molecule has 0 atom stereocenters. The van der Waals surface area contributed by atoms with Crippen LogP contribution >= 0.6 is 0 Å². The van der Waals surface area contributed by atoms with E-state index in [1.807, 2.05) is 0 Å². The third kappa shape index (κ3) is 2.63. The van der Waals surface area contributed by atoms with Gasteiger partial charge in [-0.1, -0.05) is 30.3 Å². The Balaban J connectivity index is 0.00000220. The standard InChI is InChI=1S/C15H12O5.Rf/c1-9-4-2-5-10(13(9)15(18)19)11-6-3-7-12(17)14(11)20-8-16;/h2-8,17H,1H3,(H,18,19);. The molecule has 2 aromatic carbocycles.